The van der Waals surface area contributed by atoms with Crippen LogP contribution in [0, 0.1) is 0 Å². The molecule has 0 aromatic carbocycles. The summed E-state index contributed by atoms with van der Waals surface area (Å²) in [5.74, 6) is 0. The lowest BCUT2D eigenvalue weighted by molar-refractivity contribution is -0.242. The minimum absolute atomic E-state index is 0.313. The molecule has 0 amide bonds. The monoisotopic (exact) mass is 170 g/mol. The Labute approximate surface area is 72.2 Å². The van der Waals surface area contributed by atoms with Crippen molar-refractivity contribution in [1.29, 1.82) is 0 Å². The largest absolute Gasteiger partial charge is 0.388 e. The fraction of sp³-hybridized carbons (Fsp3) is 1.00. The Morgan fingerprint density at radius 3 is 2.92 bits per heavy atom. The molecule has 0 saturated carbocycles. The first-order valence-electron chi connectivity index (χ1n) is 3.92. The number of aliphatic hydroxyl groups is 1. The standard InChI is InChI=1S/C7H11BO4/c1-10-2-7-3-11-5(7)4(9)6(8)12-7/h4-6,9H,2-3H2,1H3. The zero-order valence-corrected chi connectivity index (χ0v) is 6.90. The lowest BCUT2D eigenvalue weighted by Crippen LogP contribution is -2.61. The third kappa shape index (κ3) is 0.940. The Bertz CT molecular complexity index is 188. The molecular weight excluding hydrogens is 159 g/mol. The van der Waals surface area contributed by atoms with Gasteiger partial charge >= 0.3 is 0 Å². The van der Waals surface area contributed by atoms with E-state index in [1.54, 1.807) is 7.11 Å². The summed E-state index contributed by atoms with van der Waals surface area (Å²) in [5.41, 5.74) is -0.492. The maximum atomic E-state index is 9.45. The van der Waals surface area contributed by atoms with Crippen molar-refractivity contribution in [2.75, 3.05) is 20.3 Å². The molecule has 2 aliphatic heterocycles. The Kier molecular flexibility index (Phi) is 1.91. The number of methoxy groups -OCH3 is 1. The normalized spacial score (nSPS) is 51.7. The van der Waals surface area contributed by atoms with Crippen LogP contribution in [0.15, 0.2) is 0 Å². The van der Waals surface area contributed by atoms with Gasteiger partial charge in [-0.15, -0.1) is 0 Å². The molecule has 5 heteroatoms. The molecule has 2 saturated heterocycles. The van der Waals surface area contributed by atoms with Gasteiger partial charge in [-0.2, -0.15) is 0 Å². The van der Waals surface area contributed by atoms with Crippen LogP contribution in [-0.2, 0) is 14.2 Å². The highest BCUT2D eigenvalue weighted by Gasteiger charge is 2.60. The molecule has 2 radical (unpaired) electrons. The van der Waals surface area contributed by atoms with E-state index in [4.69, 9.17) is 22.1 Å². The van der Waals surface area contributed by atoms with Gasteiger partial charge < -0.3 is 19.3 Å². The minimum atomic E-state index is -0.728. The lowest BCUT2D eigenvalue weighted by Gasteiger charge is -2.43. The molecule has 66 valence electrons. The van der Waals surface area contributed by atoms with Crippen molar-refractivity contribution in [2.45, 2.75) is 23.8 Å². The molecule has 0 aliphatic carbocycles. The van der Waals surface area contributed by atoms with Gasteiger partial charge in [-0.05, 0) is 0 Å². The van der Waals surface area contributed by atoms with Crippen LogP contribution in [0.1, 0.15) is 0 Å². The van der Waals surface area contributed by atoms with E-state index < -0.39 is 17.7 Å². The first-order chi connectivity index (χ1) is 5.69. The van der Waals surface area contributed by atoms with E-state index in [1.807, 2.05) is 0 Å². The molecule has 0 spiro atoms. The maximum absolute atomic E-state index is 9.45. The molecular formula is C7H11BO4. The molecule has 0 aromatic heterocycles. The van der Waals surface area contributed by atoms with Crippen molar-refractivity contribution >= 4 is 7.85 Å². The molecule has 2 heterocycles. The van der Waals surface area contributed by atoms with E-state index in [0.717, 1.165) is 0 Å². The molecule has 2 rings (SSSR count). The van der Waals surface area contributed by atoms with E-state index in [1.165, 1.54) is 0 Å². The van der Waals surface area contributed by atoms with Crippen LogP contribution in [0.5, 0.6) is 0 Å². The SMILES string of the molecule is [B]C1OC2(COC)COC2C1O. The molecule has 4 unspecified atom stereocenters. The van der Waals surface area contributed by atoms with Crippen molar-refractivity contribution in [1.82, 2.24) is 0 Å². The summed E-state index contributed by atoms with van der Waals surface area (Å²) in [6.07, 6.45) is -1.04. The van der Waals surface area contributed by atoms with Crippen LogP contribution in [0.3, 0.4) is 0 Å². The Balaban J connectivity index is 2.09. The van der Waals surface area contributed by atoms with E-state index in [-0.39, 0.29) is 6.10 Å². The smallest absolute Gasteiger partial charge is 0.143 e. The quantitative estimate of drug-likeness (QED) is 0.521. The van der Waals surface area contributed by atoms with Gasteiger partial charge in [0.15, 0.2) is 0 Å². The van der Waals surface area contributed by atoms with Gasteiger partial charge in [0.05, 0.1) is 13.2 Å². The van der Waals surface area contributed by atoms with Crippen LogP contribution in [0.25, 0.3) is 0 Å². The Morgan fingerprint density at radius 1 is 1.75 bits per heavy atom. The van der Waals surface area contributed by atoms with Gasteiger partial charge in [0.25, 0.3) is 0 Å². The molecule has 0 bridgehead atoms. The third-order valence-electron chi connectivity index (χ3n) is 2.43. The zero-order chi connectivity index (χ0) is 8.77. The van der Waals surface area contributed by atoms with E-state index in [2.05, 4.69) is 0 Å². The molecule has 0 aromatic rings. The third-order valence-corrected chi connectivity index (χ3v) is 2.43. The second-order valence-electron chi connectivity index (χ2n) is 3.30. The van der Waals surface area contributed by atoms with E-state index in [9.17, 15) is 5.11 Å². The van der Waals surface area contributed by atoms with Gasteiger partial charge in [-0.25, -0.2) is 0 Å². The van der Waals surface area contributed by atoms with Crippen LogP contribution in [0.2, 0.25) is 0 Å². The lowest BCUT2D eigenvalue weighted by atomic mass is 9.87. The average Bonchev–Trinajstić information content (AvgIpc) is 2.13. The highest BCUT2D eigenvalue weighted by atomic mass is 16.7. The Morgan fingerprint density at radius 2 is 2.50 bits per heavy atom. The second-order valence-corrected chi connectivity index (χ2v) is 3.30. The summed E-state index contributed by atoms with van der Waals surface area (Å²) in [5, 5.41) is 9.45. The molecule has 2 aliphatic rings. The van der Waals surface area contributed by atoms with Gasteiger partial charge in [0, 0.05) is 13.1 Å². The van der Waals surface area contributed by atoms with Gasteiger partial charge in [0.1, 0.15) is 25.7 Å². The summed E-state index contributed by atoms with van der Waals surface area (Å²) >= 11 is 0. The first kappa shape index (κ1) is 8.50. The van der Waals surface area contributed by atoms with Crippen molar-refractivity contribution in [2.24, 2.45) is 0 Å². The fourth-order valence-electron chi connectivity index (χ4n) is 1.79. The molecule has 12 heavy (non-hydrogen) atoms. The van der Waals surface area contributed by atoms with Crippen molar-refractivity contribution in [3.63, 3.8) is 0 Å². The van der Waals surface area contributed by atoms with Crippen LogP contribution >= 0.6 is 0 Å². The summed E-state index contributed by atoms with van der Waals surface area (Å²) in [4.78, 5) is 0. The van der Waals surface area contributed by atoms with Crippen molar-refractivity contribution < 1.29 is 19.3 Å². The number of hydrogen-bond donors (Lipinski definition) is 1. The van der Waals surface area contributed by atoms with Gasteiger partial charge in [-0.1, -0.05) is 0 Å². The van der Waals surface area contributed by atoms with Crippen LogP contribution in [0.4, 0.5) is 0 Å². The topological polar surface area (TPSA) is 47.9 Å². The summed E-state index contributed by atoms with van der Waals surface area (Å²) in [7, 11) is 7.09. The van der Waals surface area contributed by atoms with E-state index >= 15 is 0 Å². The highest BCUT2D eigenvalue weighted by molar-refractivity contribution is 6.11. The van der Waals surface area contributed by atoms with Crippen molar-refractivity contribution in [3.05, 3.63) is 0 Å². The second kappa shape index (κ2) is 2.70. The number of fused-ring (bicyclic) bond motifs is 1. The van der Waals surface area contributed by atoms with Crippen LogP contribution < -0.4 is 0 Å². The first-order valence-corrected chi connectivity index (χ1v) is 3.92. The summed E-state index contributed by atoms with van der Waals surface area (Å²) < 4.78 is 15.5. The fourth-order valence-corrected chi connectivity index (χ4v) is 1.79. The van der Waals surface area contributed by atoms with E-state index in [0.29, 0.717) is 13.2 Å². The van der Waals surface area contributed by atoms with Crippen LogP contribution in [-0.4, -0.2) is 57.1 Å². The van der Waals surface area contributed by atoms with Gasteiger partial charge in [-0.3, -0.25) is 0 Å². The molecule has 4 atom stereocenters. The average molecular weight is 170 g/mol. The van der Waals surface area contributed by atoms with Gasteiger partial charge in [0.2, 0.25) is 0 Å². The predicted octanol–water partition coefficient (Wildman–Crippen LogP) is -1.34. The number of ether oxygens (including phenoxy) is 3. The Hall–Kier alpha value is -0.0951. The minimum Gasteiger partial charge on any atom is -0.388 e. The number of aliphatic hydroxyl groups excluding tert-OH is 1. The van der Waals surface area contributed by atoms with Crippen molar-refractivity contribution in [3.8, 4) is 0 Å². The molecule has 4 nitrogen and oxygen atoms in total. The summed E-state index contributed by atoms with van der Waals surface area (Å²) in [6, 6.07) is -0.646. The number of rotatable bonds is 2. The number of hydrogen-bond acceptors (Lipinski definition) is 4. The highest BCUT2D eigenvalue weighted by Crippen LogP contribution is 2.40. The summed E-state index contributed by atoms with van der Waals surface area (Å²) in [6.45, 7) is 0.874. The molecule has 1 N–H and O–H groups in total. The molecule has 2 fully saturated rings. The zero-order valence-electron chi connectivity index (χ0n) is 6.90. The predicted molar refractivity (Wildman–Crippen MR) is 41.0 cm³/mol. The maximum Gasteiger partial charge on any atom is 0.143 e.